The van der Waals surface area contributed by atoms with Gasteiger partial charge in [0.25, 0.3) is 0 Å². The Bertz CT molecular complexity index is 1670. The molecule has 0 aliphatic heterocycles. The fourth-order valence-electron chi connectivity index (χ4n) is 6.26. The molecule has 0 bridgehead atoms. The molecule has 1 saturated carbocycles. The average Bonchev–Trinajstić information content (AvgIpc) is 3.47. The molecule has 2 amide bonds. The van der Waals surface area contributed by atoms with Crippen molar-refractivity contribution in [3.63, 3.8) is 0 Å². The van der Waals surface area contributed by atoms with Crippen LogP contribution in [0.5, 0.6) is 5.75 Å². The fourth-order valence-corrected chi connectivity index (χ4v) is 7.16. The van der Waals surface area contributed by atoms with Gasteiger partial charge in [-0.2, -0.15) is 0 Å². The number of carbonyl (C=O) groups excluding carboxylic acids is 2. The van der Waals surface area contributed by atoms with Gasteiger partial charge in [-0.05, 0) is 67.1 Å². The van der Waals surface area contributed by atoms with Gasteiger partial charge in [-0.1, -0.05) is 79.1 Å². The third-order valence-corrected chi connectivity index (χ3v) is 9.59. The molecule has 1 heterocycles. The summed E-state index contributed by atoms with van der Waals surface area (Å²) in [5.41, 5.74) is 3.19. The standard InChI is InChI=1S/C36H43FN4O5S/c37-28-11-7-10-26(22-28)16-19-39-35(44)46-30(23-25-8-3-1-4-9-25)24-32(43)41(29-12-5-2-6-13-29)21-20-38-18-17-27-14-15-31(42)33-34(27)47-36(45)40-33/h1,3-4,7-11,14-15,22,29-30,38,42H,2,5-6,12-13,16-21,23-24H2,(H,39,44)(H,40,45). The number of H-pyrrole nitrogens is 1. The second-order valence-corrected chi connectivity index (χ2v) is 13.1. The van der Waals surface area contributed by atoms with Crippen molar-refractivity contribution in [2.24, 2.45) is 0 Å². The number of aromatic amines is 1. The quantitative estimate of drug-likeness (QED) is 0.121. The van der Waals surface area contributed by atoms with E-state index < -0.39 is 12.2 Å². The van der Waals surface area contributed by atoms with E-state index in [1.807, 2.05) is 41.3 Å². The summed E-state index contributed by atoms with van der Waals surface area (Å²) in [6.07, 6.45) is 5.59. The van der Waals surface area contributed by atoms with Crippen LogP contribution in [0.15, 0.2) is 71.5 Å². The van der Waals surface area contributed by atoms with Crippen LogP contribution >= 0.6 is 11.3 Å². The van der Waals surface area contributed by atoms with E-state index in [1.54, 1.807) is 18.2 Å². The lowest BCUT2D eigenvalue weighted by atomic mass is 9.93. The third kappa shape index (κ3) is 10.1. The molecular weight excluding hydrogens is 619 g/mol. The van der Waals surface area contributed by atoms with Crippen LogP contribution in [-0.2, 0) is 28.8 Å². The van der Waals surface area contributed by atoms with Crippen LogP contribution in [0.2, 0.25) is 0 Å². The summed E-state index contributed by atoms with van der Waals surface area (Å²) >= 11 is 1.09. The van der Waals surface area contributed by atoms with Gasteiger partial charge in [0.15, 0.2) is 0 Å². The molecular formula is C36H43FN4O5S. The number of amides is 2. The number of nitrogens with one attached hydrogen (secondary N) is 3. The van der Waals surface area contributed by atoms with Gasteiger partial charge in [0, 0.05) is 32.1 Å². The van der Waals surface area contributed by atoms with Crippen LogP contribution in [0.4, 0.5) is 9.18 Å². The minimum atomic E-state index is -0.650. The zero-order valence-corrected chi connectivity index (χ0v) is 27.3. The lowest BCUT2D eigenvalue weighted by Gasteiger charge is -2.35. The second kappa shape index (κ2) is 17.1. The van der Waals surface area contributed by atoms with Crippen LogP contribution < -0.4 is 15.5 Å². The van der Waals surface area contributed by atoms with E-state index in [-0.39, 0.29) is 41.4 Å². The Morgan fingerprint density at radius 3 is 2.55 bits per heavy atom. The first-order valence-electron chi connectivity index (χ1n) is 16.4. The first-order chi connectivity index (χ1) is 22.9. The van der Waals surface area contributed by atoms with Gasteiger partial charge in [-0.3, -0.25) is 9.59 Å². The molecule has 0 radical (unpaired) electrons. The molecule has 9 nitrogen and oxygen atoms in total. The van der Waals surface area contributed by atoms with Crippen LogP contribution in [0.1, 0.15) is 55.2 Å². The predicted molar refractivity (Wildman–Crippen MR) is 182 cm³/mol. The topological polar surface area (TPSA) is 124 Å². The number of nitrogens with zero attached hydrogens (tertiary/aromatic N) is 1. The predicted octanol–water partition coefficient (Wildman–Crippen LogP) is 5.70. The highest BCUT2D eigenvalue weighted by Crippen LogP contribution is 2.28. The van der Waals surface area contributed by atoms with Gasteiger partial charge in [0.2, 0.25) is 5.91 Å². The summed E-state index contributed by atoms with van der Waals surface area (Å²) in [6.45, 7) is 2.06. The number of fused-ring (bicyclic) bond motifs is 1. The second-order valence-electron chi connectivity index (χ2n) is 12.1. The maximum Gasteiger partial charge on any atom is 0.407 e. The summed E-state index contributed by atoms with van der Waals surface area (Å²) in [5, 5.41) is 16.3. The van der Waals surface area contributed by atoms with Crippen molar-refractivity contribution in [3.05, 3.63) is 98.9 Å². The van der Waals surface area contributed by atoms with E-state index in [0.717, 1.165) is 58.4 Å². The molecule has 1 aromatic heterocycles. The van der Waals surface area contributed by atoms with Crippen molar-refractivity contribution in [1.29, 1.82) is 0 Å². The Morgan fingerprint density at radius 1 is 0.979 bits per heavy atom. The highest BCUT2D eigenvalue weighted by Gasteiger charge is 2.28. The molecule has 3 aromatic carbocycles. The fraction of sp³-hybridized carbons (Fsp3) is 0.417. The monoisotopic (exact) mass is 662 g/mol. The Morgan fingerprint density at radius 2 is 1.77 bits per heavy atom. The molecule has 1 aliphatic carbocycles. The molecule has 4 N–H and O–H groups in total. The van der Waals surface area contributed by atoms with Crippen molar-refractivity contribution in [1.82, 2.24) is 20.5 Å². The first-order valence-corrected chi connectivity index (χ1v) is 17.2. The summed E-state index contributed by atoms with van der Waals surface area (Å²) in [5.74, 6) is -0.295. The Hall–Kier alpha value is -4.22. The zero-order chi connectivity index (χ0) is 33.0. The first kappa shape index (κ1) is 34.1. The molecule has 47 heavy (non-hydrogen) atoms. The van der Waals surface area contributed by atoms with Gasteiger partial charge in [-0.15, -0.1) is 0 Å². The summed E-state index contributed by atoms with van der Waals surface area (Å²) in [4.78, 5) is 43.1. The maximum absolute atomic E-state index is 13.9. The third-order valence-electron chi connectivity index (χ3n) is 8.63. The minimum absolute atomic E-state index is 0.0375. The number of aromatic nitrogens is 1. The SMILES string of the molecule is O=C(NCCc1cccc(F)c1)OC(CC(=O)N(CCNCCc1ccc(O)c2[nH]c(=O)sc12)C1CCCCC1)Cc1ccccc1. The summed E-state index contributed by atoms with van der Waals surface area (Å²) < 4.78 is 20.1. The van der Waals surface area contributed by atoms with Crippen LogP contribution in [-0.4, -0.2) is 65.3 Å². The number of hydrogen-bond acceptors (Lipinski definition) is 7. The van der Waals surface area contributed by atoms with E-state index in [2.05, 4.69) is 15.6 Å². The van der Waals surface area contributed by atoms with Gasteiger partial charge in [-0.25, -0.2) is 9.18 Å². The van der Waals surface area contributed by atoms with Gasteiger partial charge in [0.05, 0.1) is 11.1 Å². The number of halogens is 1. The number of aromatic hydroxyl groups is 1. The van der Waals surface area contributed by atoms with E-state index in [4.69, 9.17) is 4.74 Å². The van der Waals surface area contributed by atoms with E-state index >= 15 is 0 Å². The Labute approximate surface area is 278 Å². The van der Waals surface area contributed by atoms with Gasteiger partial charge in [0.1, 0.15) is 23.2 Å². The molecule has 11 heteroatoms. The lowest BCUT2D eigenvalue weighted by Crippen LogP contribution is -2.46. The maximum atomic E-state index is 13.9. The zero-order valence-electron chi connectivity index (χ0n) is 26.5. The molecule has 1 atom stereocenters. The van der Waals surface area contributed by atoms with Crippen molar-refractivity contribution in [2.75, 3.05) is 26.2 Å². The lowest BCUT2D eigenvalue weighted by molar-refractivity contribution is -0.136. The van der Waals surface area contributed by atoms with Gasteiger partial charge >= 0.3 is 11.0 Å². The molecule has 0 spiro atoms. The van der Waals surface area contributed by atoms with Crippen LogP contribution in [0.25, 0.3) is 10.2 Å². The Kier molecular flexibility index (Phi) is 12.4. The number of alkyl carbamates (subject to hydrolysis) is 1. The number of rotatable bonds is 15. The molecule has 4 aromatic rings. The Balaban J connectivity index is 1.18. The van der Waals surface area contributed by atoms with E-state index in [1.165, 1.54) is 18.6 Å². The highest BCUT2D eigenvalue weighted by atomic mass is 32.1. The number of thiazole rings is 1. The van der Waals surface area contributed by atoms with E-state index in [9.17, 15) is 23.9 Å². The molecule has 1 aliphatic rings. The van der Waals surface area contributed by atoms with Crippen molar-refractivity contribution in [3.8, 4) is 5.75 Å². The number of ether oxygens (including phenoxy) is 1. The molecule has 1 unspecified atom stereocenters. The smallest absolute Gasteiger partial charge is 0.407 e. The summed E-state index contributed by atoms with van der Waals surface area (Å²) in [6, 6.07) is 19.5. The molecule has 0 saturated heterocycles. The van der Waals surface area contributed by atoms with Crippen LogP contribution in [0, 0.1) is 5.82 Å². The van der Waals surface area contributed by atoms with Crippen LogP contribution in [0.3, 0.4) is 0 Å². The normalized spacial score (nSPS) is 14.1. The van der Waals surface area contributed by atoms with E-state index in [0.29, 0.717) is 44.4 Å². The molecule has 250 valence electrons. The number of carbonyl (C=O) groups is 2. The highest BCUT2D eigenvalue weighted by molar-refractivity contribution is 7.16. The average molecular weight is 663 g/mol. The number of phenolic OH excluding ortho intramolecular Hbond substituents is 1. The largest absolute Gasteiger partial charge is 0.506 e. The molecule has 1 fully saturated rings. The number of phenols is 1. The van der Waals surface area contributed by atoms with Crippen molar-refractivity contribution in [2.45, 2.75) is 69.9 Å². The number of benzene rings is 3. The van der Waals surface area contributed by atoms with Gasteiger partial charge < -0.3 is 30.4 Å². The minimum Gasteiger partial charge on any atom is -0.506 e. The summed E-state index contributed by atoms with van der Waals surface area (Å²) in [7, 11) is 0. The van der Waals surface area contributed by atoms with Crippen molar-refractivity contribution < 1.29 is 23.8 Å². The number of hydrogen-bond donors (Lipinski definition) is 4. The molecule has 5 rings (SSSR count). The van der Waals surface area contributed by atoms with Crippen molar-refractivity contribution >= 4 is 33.6 Å².